The highest BCUT2D eigenvalue weighted by Crippen LogP contribution is 2.44. The molecule has 0 aromatic carbocycles. The molecule has 0 aliphatic carbocycles. The summed E-state index contributed by atoms with van der Waals surface area (Å²) in [5.74, 6) is -2.17. The van der Waals surface area contributed by atoms with E-state index in [9.17, 15) is 22.8 Å². The van der Waals surface area contributed by atoms with Crippen LogP contribution in [0.25, 0.3) is 0 Å². The predicted octanol–water partition coefficient (Wildman–Crippen LogP) is 2.92. The molecule has 6 nitrogen and oxygen atoms in total. The van der Waals surface area contributed by atoms with Gasteiger partial charge in [0.15, 0.2) is 0 Å². The van der Waals surface area contributed by atoms with Crippen molar-refractivity contribution in [3.63, 3.8) is 0 Å². The van der Waals surface area contributed by atoms with Crippen LogP contribution in [0.2, 0.25) is 0 Å². The van der Waals surface area contributed by atoms with E-state index in [0.717, 1.165) is 0 Å². The minimum atomic E-state index is -4.24. The summed E-state index contributed by atoms with van der Waals surface area (Å²) in [6, 6.07) is -0.133. The minimum Gasteiger partial charge on any atom is -0.342 e. The number of carbonyl (C=O) groups is 2. The standard InChI is InChI=1S/C21H34ClF3N4O2/c1-3-5-14(15(4-2)21(23,24)25)13-29-11-8-20(19(29)31)6-9-28(10-7-20)16-12-26-27-18(30)17(16)22/h14-17,26H,3-13H2,1-2H3,(H,27,30). The number of hydrazine groups is 1. The van der Waals surface area contributed by atoms with E-state index in [1.807, 2.05) is 6.92 Å². The molecule has 0 aromatic rings. The summed E-state index contributed by atoms with van der Waals surface area (Å²) in [6.07, 6.45) is -1.07. The molecule has 178 valence electrons. The van der Waals surface area contributed by atoms with Crippen LogP contribution in [-0.2, 0) is 9.59 Å². The molecule has 0 saturated carbocycles. The third-order valence-corrected chi connectivity index (χ3v) is 7.97. The molecule has 31 heavy (non-hydrogen) atoms. The highest BCUT2D eigenvalue weighted by Gasteiger charge is 2.51. The van der Waals surface area contributed by atoms with Gasteiger partial charge in [0.05, 0.1) is 11.3 Å². The smallest absolute Gasteiger partial charge is 0.342 e. The maximum absolute atomic E-state index is 13.5. The maximum atomic E-state index is 13.5. The van der Waals surface area contributed by atoms with E-state index in [4.69, 9.17) is 11.6 Å². The Morgan fingerprint density at radius 1 is 1.16 bits per heavy atom. The number of hydrogen-bond acceptors (Lipinski definition) is 4. The Morgan fingerprint density at radius 3 is 2.39 bits per heavy atom. The summed E-state index contributed by atoms with van der Waals surface area (Å²) in [5.41, 5.74) is 4.90. The van der Waals surface area contributed by atoms with Crippen molar-refractivity contribution in [1.82, 2.24) is 20.7 Å². The van der Waals surface area contributed by atoms with Gasteiger partial charge in [-0.25, -0.2) is 5.43 Å². The summed E-state index contributed by atoms with van der Waals surface area (Å²) in [6.45, 7) is 6.03. The van der Waals surface area contributed by atoms with Crippen molar-refractivity contribution in [2.24, 2.45) is 17.3 Å². The summed E-state index contributed by atoms with van der Waals surface area (Å²) in [4.78, 5) is 29.0. The fourth-order valence-electron chi connectivity index (χ4n) is 5.62. The fraction of sp³-hybridized carbons (Fsp3) is 0.905. The van der Waals surface area contributed by atoms with Crippen LogP contribution in [0.15, 0.2) is 0 Å². The number of rotatable bonds is 7. The van der Waals surface area contributed by atoms with Crippen LogP contribution in [0.3, 0.4) is 0 Å². The van der Waals surface area contributed by atoms with E-state index in [1.54, 1.807) is 11.8 Å². The number of piperidine rings is 1. The van der Waals surface area contributed by atoms with Gasteiger partial charge < -0.3 is 4.90 Å². The molecule has 3 heterocycles. The van der Waals surface area contributed by atoms with Crippen LogP contribution >= 0.6 is 11.6 Å². The number of halogens is 4. The van der Waals surface area contributed by atoms with Crippen LogP contribution in [0, 0.1) is 17.3 Å². The van der Waals surface area contributed by atoms with Gasteiger partial charge in [-0.3, -0.25) is 19.9 Å². The van der Waals surface area contributed by atoms with Gasteiger partial charge in [0.25, 0.3) is 5.91 Å². The molecule has 0 radical (unpaired) electrons. The van der Waals surface area contributed by atoms with Crippen molar-refractivity contribution >= 4 is 23.4 Å². The van der Waals surface area contributed by atoms with Gasteiger partial charge in [-0.1, -0.05) is 20.3 Å². The highest BCUT2D eigenvalue weighted by molar-refractivity contribution is 6.31. The zero-order chi connectivity index (χ0) is 22.8. The third-order valence-electron chi connectivity index (χ3n) is 7.48. The molecule has 2 N–H and O–H groups in total. The SMILES string of the molecule is CCCC(CN1CCC2(CCN(C3CNNC(=O)C3Cl)CC2)C1=O)C(CC)C(F)(F)F. The first-order valence-corrected chi connectivity index (χ1v) is 11.8. The van der Waals surface area contributed by atoms with Gasteiger partial charge in [0.1, 0.15) is 5.38 Å². The molecule has 4 unspecified atom stereocenters. The van der Waals surface area contributed by atoms with Gasteiger partial charge in [-0.05, 0) is 51.1 Å². The molecule has 3 aliphatic rings. The number of carbonyl (C=O) groups excluding carboxylic acids is 2. The molecule has 3 fully saturated rings. The van der Waals surface area contributed by atoms with E-state index < -0.39 is 28.8 Å². The first-order chi connectivity index (χ1) is 14.6. The number of likely N-dealkylation sites (tertiary alicyclic amines) is 2. The Bertz CT molecular complexity index is 655. The second-order valence-electron chi connectivity index (χ2n) is 9.26. The van der Waals surface area contributed by atoms with Crippen LogP contribution in [0.4, 0.5) is 13.2 Å². The monoisotopic (exact) mass is 466 g/mol. The van der Waals surface area contributed by atoms with Gasteiger partial charge in [-0.2, -0.15) is 13.2 Å². The van der Waals surface area contributed by atoms with E-state index in [2.05, 4.69) is 15.8 Å². The molecule has 3 aliphatic heterocycles. The Kier molecular flexibility index (Phi) is 7.79. The quantitative estimate of drug-likeness (QED) is 0.566. The summed E-state index contributed by atoms with van der Waals surface area (Å²) < 4.78 is 40.6. The first kappa shape index (κ1) is 24.6. The van der Waals surface area contributed by atoms with Crippen LogP contribution < -0.4 is 10.9 Å². The minimum absolute atomic E-state index is 0.00668. The van der Waals surface area contributed by atoms with E-state index in [1.165, 1.54) is 0 Å². The Morgan fingerprint density at radius 2 is 1.81 bits per heavy atom. The lowest BCUT2D eigenvalue weighted by atomic mass is 9.76. The molecule has 10 heteroatoms. The van der Waals surface area contributed by atoms with Crippen LogP contribution in [-0.4, -0.2) is 71.9 Å². The van der Waals surface area contributed by atoms with Gasteiger partial charge >= 0.3 is 6.18 Å². The topological polar surface area (TPSA) is 64.7 Å². The van der Waals surface area contributed by atoms with E-state index >= 15 is 0 Å². The lowest BCUT2D eigenvalue weighted by Crippen LogP contribution is -2.63. The largest absolute Gasteiger partial charge is 0.392 e. The normalized spacial score (nSPS) is 29.3. The molecule has 3 saturated heterocycles. The summed E-state index contributed by atoms with van der Waals surface area (Å²) in [7, 11) is 0. The van der Waals surface area contributed by atoms with Crippen molar-refractivity contribution in [3.05, 3.63) is 0 Å². The van der Waals surface area contributed by atoms with Gasteiger partial charge in [0, 0.05) is 25.7 Å². The summed E-state index contributed by atoms with van der Waals surface area (Å²) in [5, 5.41) is -0.644. The zero-order valence-corrected chi connectivity index (χ0v) is 19.1. The molecular formula is C21H34ClF3N4O2. The average molecular weight is 467 g/mol. The third kappa shape index (κ3) is 5.14. The van der Waals surface area contributed by atoms with Gasteiger partial charge in [-0.15, -0.1) is 11.6 Å². The first-order valence-electron chi connectivity index (χ1n) is 11.4. The maximum Gasteiger partial charge on any atom is 0.392 e. The Hall–Kier alpha value is -1.06. The molecule has 1 spiro atoms. The summed E-state index contributed by atoms with van der Waals surface area (Å²) >= 11 is 6.28. The second kappa shape index (κ2) is 9.83. The fourth-order valence-corrected chi connectivity index (χ4v) is 5.93. The van der Waals surface area contributed by atoms with E-state index in [-0.39, 0.29) is 30.8 Å². The van der Waals surface area contributed by atoms with Crippen molar-refractivity contribution in [2.75, 3.05) is 32.7 Å². The van der Waals surface area contributed by atoms with Crippen LogP contribution in [0.1, 0.15) is 52.4 Å². The van der Waals surface area contributed by atoms with Gasteiger partial charge in [0.2, 0.25) is 5.91 Å². The van der Waals surface area contributed by atoms with E-state index in [0.29, 0.717) is 58.3 Å². The Balaban J connectivity index is 1.62. The molecule has 4 atom stereocenters. The van der Waals surface area contributed by atoms with Crippen molar-refractivity contribution in [1.29, 1.82) is 0 Å². The number of amides is 2. The number of nitrogens with zero attached hydrogens (tertiary/aromatic N) is 2. The van der Waals surface area contributed by atoms with Crippen molar-refractivity contribution in [3.8, 4) is 0 Å². The molecule has 0 bridgehead atoms. The lowest BCUT2D eigenvalue weighted by molar-refractivity contribution is -0.192. The molecule has 0 aromatic heterocycles. The van der Waals surface area contributed by atoms with Crippen molar-refractivity contribution in [2.45, 2.75) is 70.0 Å². The molecular weight excluding hydrogens is 433 g/mol. The lowest BCUT2D eigenvalue weighted by Gasteiger charge is -2.44. The van der Waals surface area contributed by atoms with Crippen molar-refractivity contribution < 1.29 is 22.8 Å². The van der Waals surface area contributed by atoms with Crippen LogP contribution in [0.5, 0.6) is 0 Å². The highest BCUT2D eigenvalue weighted by atomic mass is 35.5. The number of alkyl halides is 4. The zero-order valence-electron chi connectivity index (χ0n) is 18.3. The molecule has 2 amide bonds. The predicted molar refractivity (Wildman–Crippen MR) is 112 cm³/mol. The average Bonchev–Trinajstić information content (AvgIpc) is 3.00. The molecule has 3 rings (SSSR count). The number of hydrogen-bond donors (Lipinski definition) is 2. The number of nitrogens with one attached hydrogen (secondary N) is 2. The Labute approximate surface area is 187 Å². The second-order valence-corrected chi connectivity index (χ2v) is 9.73.